The molecule has 0 unspecified atom stereocenters. The summed E-state index contributed by atoms with van der Waals surface area (Å²) >= 11 is 0. The van der Waals surface area contributed by atoms with Crippen LogP contribution >= 0.6 is 0 Å². The Balaban J connectivity index is 0.000000162. The monoisotopic (exact) mass is 97.1 g/mol. The number of furan rings is 1. The van der Waals surface area contributed by atoms with E-state index in [1.807, 2.05) is 12.1 Å². The maximum atomic E-state index is 5.50. The highest BCUT2D eigenvalue weighted by molar-refractivity contribution is 5.15. The van der Waals surface area contributed by atoms with Crippen LogP contribution in [0.2, 0.25) is 0 Å². The van der Waals surface area contributed by atoms with E-state index in [0.717, 1.165) is 0 Å². The Morgan fingerprint density at radius 3 is 1.71 bits per heavy atom. The summed E-state index contributed by atoms with van der Waals surface area (Å²) in [5.74, 6) is 0. The highest BCUT2D eigenvalue weighted by atomic mass is 16.3. The van der Waals surface area contributed by atoms with Gasteiger partial charge in [-0.1, -0.05) is 0 Å². The van der Waals surface area contributed by atoms with E-state index in [1.54, 1.807) is 12.5 Å². The van der Waals surface area contributed by atoms with Gasteiger partial charge < -0.3 is 9.83 Å². The van der Waals surface area contributed by atoms with Crippen molar-refractivity contribution >= 4 is 6.72 Å². The Hall–Kier alpha value is -1.05. The van der Waals surface area contributed by atoms with E-state index in [-0.39, 0.29) is 0 Å². The van der Waals surface area contributed by atoms with Gasteiger partial charge in [-0.2, -0.15) is 0 Å². The van der Waals surface area contributed by atoms with Gasteiger partial charge in [0, 0.05) is 0 Å². The van der Waals surface area contributed by atoms with Gasteiger partial charge in [0.2, 0.25) is 0 Å². The van der Waals surface area contributed by atoms with Crippen LogP contribution in [0.3, 0.4) is 0 Å². The van der Waals surface area contributed by atoms with Crippen LogP contribution in [0.15, 0.2) is 29.1 Å². The minimum absolute atomic E-state index is 1.62. The first-order valence-electron chi connectivity index (χ1n) is 1.82. The van der Waals surface area contributed by atoms with E-state index in [9.17, 15) is 0 Å². The first-order chi connectivity index (χ1) is 3.50. The maximum Gasteiger partial charge on any atom is 0.0902 e. The summed E-state index contributed by atoms with van der Waals surface area (Å²) < 4.78 is 4.58. The second-order valence-electron chi connectivity index (χ2n) is 0.793. The second-order valence-corrected chi connectivity index (χ2v) is 0.793. The zero-order valence-corrected chi connectivity index (χ0v) is 3.92. The number of rotatable bonds is 0. The molecule has 0 aliphatic rings. The standard InChI is InChI=1S/C4H4O.CH3N/c1-2-4-5-3-1;1-2/h1-4H;2H,1H2. The predicted octanol–water partition coefficient (Wildman–Crippen LogP) is 1.55. The Labute approximate surface area is 42.3 Å². The highest BCUT2D eigenvalue weighted by Gasteiger charge is 1.58. The fourth-order valence-corrected chi connectivity index (χ4v) is 0.227. The fourth-order valence-electron chi connectivity index (χ4n) is 0.227. The molecular weight excluding hydrogens is 90.1 g/mol. The summed E-state index contributed by atoms with van der Waals surface area (Å²) in [7, 11) is 0. The van der Waals surface area contributed by atoms with E-state index < -0.39 is 0 Å². The Bertz CT molecular complexity index is 75.0. The molecule has 0 amide bonds. The van der Waals surface area contributed by atoms with Gasteiger partial charge in [0.15, 0.2) is 0 Å². The quantitative estimate of drug-likeness (QED) is 0.490. The molecule has 0 atom stereocenters. The van der Waals surface area contributed by atoms with Crippen molar-refractivity contribution in [3.63, 3.8) is 0 Å². The van der Waals surface area contributed by atoms with Crippen molar-refractivity contribution in [3.05, 3.63) is 24.7 Å². The lowest BCUT2D eigenvalue weighted by atomic mass is 10.7. The molecule has 0 aromatic carbocycles. The van der Waals surface area contributed by atoms with Gasteiger partial charge in [0.1, 0.15) is 0 Å². The topological polar surface area (TPSA) is 37.0 Å². The normalized spacial score (nSPS) is 6.29. The highest BCUT2D eigenvalue weighted by Crippen LogP contribution is 1.79. The van der Waals surface area contributed by atoms with Gasteiger partial charge in [-0.15, -0.1) is 0 Å². The zero-order chi connectivity index (χ0) is 5.54. The van der Waals surface area contributed by atoms with Crippen molar-refractivity contribution in [1.29, 1.82) is 5.41 Å². The lowest BCUT2D eigenvalue weighted by molar-refractivity contribution is 0.567. The number of nitrogens with one attached hydrogen (secondary N) is 1. The van der Waals surface area contributed by atoms with Crippen molar-refractivity contribution in [2.45, 2.75) is 0 Å². The molecule has 0 saturated carbocycles. The van der Waals surface area contributed by atoms with Gasteiger partial charge in [-0.25, -0.2) is 0 Å². The second kappa shape index (κ2) is 4.95. The molecule has 1 aromatic heterocycles. The minimum Gasteiger partial charge on any atom is -0.473 e. The van der Waals surface area contributed by atoms with Crippen LogP contribution in [0.25, 0.3) is 0 Å². The van der Waals surface area contributed by atoms with Crippen LogP contribution in [0, 0.1) is 5.41 Å². The molecule has 0 fully saturated rings. The zero-order valence-electron chi connectivity index (χ0n) is 3.92. The van der Waals surface area contributed by atoms with Gasteiger partial charge in [-0.3, -0.25) is 0 Å². The molecule has 2 nitrogen and oxygen atoms in total. The van der Waals surface area contributed by atoms with Crippen LogP contribution in [0.5, 0.6) is 0 Å². The molecule has 1 rings (SSSR count). The minimum atomic E-state index is 1.62. The summed E-state index contributed by atoms with van der Waals surface area (Å²) in [5.41, 5.74) is 0. The summed E-state index contributed by atoms with van der Waals surface area (Å²) in [6.45, 7) is 2.50. The molecule has 0 bridgehead atoms. The molecule has 0 radical (unpaired) electrons. The van der Waals surface area contributed by atoms with E-state index in [1.165, 1.54) is 0 Å². The molecule has 2 heteroatoms. The van der Waals surface area contributed by atoms with Crippen LogP contribution in [-0.2, 0) is 0 Å². The van der Waals surface area contributed by atoms with Crippen molar-refractivity contribution in [1.82, 2.24) is 0 Å². The first-order valence-corrected chi connectivity index (χ1v) is 1.82. The van der Waals surface area contributed by atoms with Crippen LogP contribution in [0.1, 0.15) is 0 Å². The Morgan fingerprint density at radius 2 is 1.57 bits per heavy atom. The third-order valence-electron chi connectivity index (χ3n) is 0.425. The SMILES string of the molecule is C=N.c1ccoc1. The van der Waals surface area contributed by atoms with Crippen molar-refractivity contribution in [2.75, 3.05) is 0 Å². The lowest BCUT2D eigenvalue weighted by Crippen LogP contribution is -1.16. The van der Waals surface area contributed by atoms with Crippen LogP contribution in [-0.4, -0.2) is 6.72 Å². The summed E-state index contributed by atoms with van der Waals surface area (Å²) in [6.07, 6.45) is 3.25. The Morgan fingerprint density at radius 1 is 1.14 bits per heavy atom. The molecule has 0 saturated heterocycles. The molecule has 0 aliphatic heterocycles. The van der Waals surface area contributed by atoms with Crippen LogP contribution in [0.4, 0.5) is 0 Å². The fraction of sp³-hybridized carbons (Fsp3) is 0. The maximum absolute atomic E-state index is 5.50. The van der Waals surface area contributed by atoms with Gasteiger partial charge >= 0.3 is 0 Å². The Kier molecular flexibility index (Phi) is 4.21. The smallest absolute Gasteiger partial charge is 0.0902 e. The molecule has 0 aliphatic carbocycles. The van der Waals surface area contributed by atoms with E-state index in [4.69, 9.17) is 5.41 Å². The third-order valence-corrected chi connectivity index (χ3v) is 0.425. The summed E-state index contributed by atoms with van der Waals surface area (Å²) in [5, 5.41) is 5.50. The van der Waals surface area contributed by atoms with Gasteiger partial charge in [0.25, 0.3) is 0 Å². The number of hydrogen-bond acceptors (Lipinski definition) is 2. The van der Waals surface area contributed by atoms with Gasteiger partial charge in [0.05, 0.1) is 12.5 Å². The van der Waals surface area contributed by atoms with Crippen molar-refractivity contribution in [3.8, 4) is 0 Å². The summed E-state index contributed by atoms with van der Waals surface area (Å²) in [6, 6.07) is 3.67. The van der Waals surface area contributed by atoms with E-state index in [2.05, 4.69) is 11.1 Å². The van der Waals surface area contributed by atoms with Crippen molar-refractivity contribution in [2.24, 2.45) is 0 Å². The third kappa shape index (κ3) is 2.76. The molecule has 1 aromatic rings. The molecular formula is C5H7NO. The molecule has 0 spiro atoms. The first kappa shape index (κ1) is 5.95. The van der Waals surface area contributed by atoms with E-state index >= 15 is 0 Å². The van der Waals surface area contributed by atoms with Crippen molar-refractivity contribution < 1.29 is 4.42 Å². The molecule has 7 heavy (non-hydrogen) atoms. The summed E-state index contributed by atoms with van der Waals surface area (Å²) in [4.78, 5) is 0. The van der Waals surface area contributed by atoms with Gasteiger partial charge in [-0.05, 0) is 18.9 Å². The van der Waals surface area contributed by atoms with E-state index in [0.29, 0.717) is 0 Å². The molecule has 1 N–H and O–H groups in total. The molecule has 1 heterocycles. The van der Waals surface area contributed by atoms with Crippen LogP contribution < -0.4 is 0 Å². The largest absolute Gasteiger partial charge is 0.473 e. The predicted molar refractivity (Wildman–Crippen MR) is 28.5 cm³/mol. The average molecular weight is 97.1 g/mol. The molecule has 38 valence electrons. The number of hydrogen-bond donors (Lipinski definition) is 1. The average Bonchev–Trinajstić information content (AvgIpc) is 2.23. The lowest BCUT2D eigenvalue weighted by Gasteiger charge is -1.50.